The largest absolute Gasteiger partial charge is 0.481 e. The van der Waals surface area contributed by atoms with Crippen molar-refractivity contribution in [3.63, 3.8) is 0 Å². The number of para-hydroxylation sites is 1. The molecule has 0 amide bonds. The molecule has 2 atom stereocenters. The molecule has 102 valence electrons. The quantitative estimate of drug-likeness (QED) is 0.806. The highest BCUT2D eigenvalue weighted by Gasteiger charge is 2.23. The molecule has 0 bridgehead atoms. The van der Waals surface area contributed by atoms with E-state index in [1.807, 2.05) is 30.0 Å². The molecule has 2 nitrogen and oxygen atoms in total. The van der Waals surface area contributed by atoms with Gasteiger partial charge in [-0.3, -0.25) is 0 Å². The van der Waals surface area contributed by atoms with Gasteiger partial charge in [-0.15, -0.1) is 6.42 Å². The molecule has 1 N–H and O–H groups in total. The van der Waals surface area contributed by atoms with E-state index in [2.05, 4.69) is 23.6 Å². The zero-order chi connectivity index (χ0) is 13.5. The lowest BCUT2D eigenvalue weighted by molar-refractivity contribution is 0.363. The van der Waals surface area contributed by atoms with Crippen LogP contribution in [0.3, 0.4) is 0 Å². The van der Waals surface area contributed by atoms with Crippen LogP contribution in [0.15, 0.2) is 24.3 Å². The molecule has 0 radical (unpaired) electrons. The Morgan fingerprint density at radius 2 is 2.26 bits per heavy atom. The van der Waals surface area contributed by atoms with Gasteiger partial charge in [0.05, 0.1) is 0 Å². The van der Waals surface area contributed by atoms with E-state index in [-0.39, 0.29) is 0 Å². The van der Waals surface area contributed by atoms with Crippen LogP contribution in [0.2, 0.25) is 0 Å². The summed E-state index contributed by atoms with van der Waals surface area (Å²) in [7, 11) is 0. The number of terminal acetylenes is 1. The number of thioether (sulfide) groups is 1. The molecule has 19 heavy (non-hydrogen) atoms. The average molecular weight is 275 g/mol. The molecule has 1 saturated carbocycles. The summed E-state index contributed by atoms with van der Waals surface area (Å²) in [6, 6.07) is 8.74. The Morgan fingerprint density at radius 3 is 3.00 bits per heavy atom. The Morgan fingerprint density at radius 1 is 1.42 bits per heavy atom. The smallest absolute Gasteiger partial charge is 0.148 e. The molecule has 0 saturated heterocycles. The van der Waals surface area contributed by atoms with E-state index < -0.39 is 0 Å². The first kappa shape index (κ1) is 14.3. The fraction of sp³-hybridized carbons (Fsp3) is 0.500. The van der Waals surface area contributed by atoms with Gasteiger partial charge in [-0.25, -0.2) is 0 Å². The Bertz CT molecular complexity index is 441. The maximum absolute atomic E-state index is 5.56. The molecule has 1 aliphatic rings. The fourth-order valence-corrected chi connectivity index (χ4v) is 3.30. The second-order valence-corrected chi connectivity index (χ2v) is 5.99. The summed E-state index contributed by atoms with van der Waals surface area (Å²) in [4.78, 5) is 0. The summed E-state index contributed by atoms with van der Waals surface area (Å²) >= 11 is 1.99. The highest BCUT2D eigenvalue weighted by Crippen LogP contribution is 2.28. The van der Waals surface area contributed by atoms with Crippen molar-refractivity contribution in [2.45, 2.75) is 37.1 Å². The molecular weight excluding hydrogens is 254 g/mol. The molecule has 0 heterocycles. The van der Waals surface area contributed by atoms with E-state index in [4.69, 9.17) is 11.2 Å². The van der Waals surface area contributed by atoms with Gasteiger partial charge in [0, 0.05) is 23.4 Å². The van der Waals surface area contributed by atoms with Crippen molar-refractivity contribution in [1.29, 1.82) is 0 Å². The molecule has 0 spiro atoms. The van der Waals surface area contributed by atoms with Crippen molar-refractivity contribution in [3.8, 4) is 18.1 Å². The van der Waals surface area contributed by atoms with Crippen LogP contribution in [0.1, 0.15) is 24.8 Å². The van der Waals surface area contributed by atoms with Crippen LogP contribution < -0.4 is 10.1 Å². The molecule has 0 aliphatic heterocycles. The van der Waals surface area contributed by atoms with E-state index in [1.165, 1.54) is 24.8 Å². The predicted octanol–water partition coefficient (Wildman–Crippen LogP) is 3.07. The zero-order valence-corrected chi connectivity index (χ0v) is 12.2. The minimum Gasteiger partial charge on any atom is -0.481 e. The Balaban J connectivity index is 1.87. The van der Waals surface area contributed by atoms with E-state index in [1.54, 1.807) is 0 Å². The minimum absolute atomic E-state index is 0.328. The van der Waals surface area contributed by atoms with Gasteiger partial charge in [0.2, 0.25) is 0 Å². The van der Waals surface area contributed by atoms with Crippen molar-refractivity contribution < 1.29 is 4.74 Å². The standard InChI is InChI=1S/C16H21NOS/c1-3-10-18-16-7-5-4-6-13(16)12-17-14-8-9-15(11-14)19-2/h1,4-7,14-15,17H,8-12H2,2H3. The van der Waals surface area contributed by atoms with Gasteiger partial charge in [-0.05, 0) is 31.6 Å². The van der Waals surface area contributed by atoms with Crippen LogP contribution in [0.5, 0.6) is 5.75 Å². The number of benzene rings is 1. The van der Waals surface area contributed by atoms with E-state index >= 15 is 0 Å². The van der Waals surface area contributed by atoms with Gasteiger partial charge in [-0.2, -0.15) is 11.8 Å². The summed E-state index contributed by atoms with van der Waals surface area (Å²) in [6.07, 6.45) is 11.3. The molecule has 2 unspecified atom stereocenters. The van der Waals surface area contributed by atoms with Crippen LogP contribution in [0.4, 0.5) is 0 Å². The lowest BCUT2D eigenvalue weighted by Crippen LogP contribution is -2.26. The Kier molecular flexibility index (Phi) is 5.62. The van der Waals surface area contributed by atoms with Crippen molar-refractivity contribution >= 4 is 11.8 Å². The zero-order valence-electron chi connectivity index (χ0n) is 11.4. The number of rotatable bonds is 6. The maximum Gasteiger partial charge on any atom is 0.148 e. The third-order valence-electron chi connectivity index (χ3n) is 3.58. The van der Waals surface area contributed by atoms with Crippen LogP contribution in [0, 0.1) is 12.3 Å². The highest BCUT2D eigenvalue weighted by molar-refractivity contribution is 7.99. The Labute approximate surface area is 120 Å². The molecule has 3 heteroatoms. The summed E-state index contributed by atoms with van der Waals surface area (Å²) < 4.78 is 5.56. The molecule has 0 aromatic heterocycles. The number of hydrogen-bond acceptors (Lipinski definition) is 3. The lowest BCUT2D eigenvalue weighted by Gasteiger charge is -2.15. The summed E-state index contributed by atoms with van der Waals surface area (Å²) in [6.45, 7) is 1.18. The van der Waals surface area contributed by atoms with Crippen molar-refractivity contribution in [2.24, 2.45) is 0 Å². The molecule has 1 aromatic carbocycles. The third-order valence-corrected chi connectivity index (χ3v) is 4.68. The monoisotopic (exact) mass is 275 g/mol. The van der Waals surface area contributed by atoms with Crippen molar-refractivity contribution in [3.05, 3.63) is 29.8 Å². The van der Waals surface area contributed by atoms with Gasteiger partial charge < -0.3 is 10.1 Å². The van der Waals surface area contributed by atoms with Crippen LogP contribution in [-0.2, 0) is 6.54 Å². The molecular formula is C16H21NOS. The second kappa shape index (κ2) is 7.47. The minimum atomic E-state index is 0.328. The third kappa shape index (κ3) is 4.19. The molecule has 1 fully saturated rings. The molecule has 1 aromatic rings. The second-order valence-electron chi connectivity index (χ2n) is 4.85. The SMILES string of the molecule is C#CCOc1ccccc1CNC1CCC(SC)C1. The highest BCUT2D eigenvalue weighted by atomic mass is 32.2. The molecule has 2 rings (SSSR count). The van der Waals surface area contributed by atoms with Crippen LogP contribution in [0.25, 0.3) is 0 Å². The summed E-state index contributed by atoms with van der Waals surface area (Å²) in [5, 5.41) is 4.46. The van der Waals surface area contributed by atoms with Gasteiger partial charge in [-0.1, -0.05) is 24.1 Å². The van der Waals surface area contributed by atoms with Crippen molar-refractivity contribution in [2.75, 3.05) is 12.9 Å². The number of ether oxygens (including phenoxy) is 1. The molecule has 1 aliphatic carbocycles. The average Bonchev–Trinajstić information content (AvgIpc) is 2.91. The summed E-state index contributed by atoms with van der Waals surface area (Å²) in [5.74, 6) is 3.40. The normalized spacial score (nSPS) is 22.1. The number of hydrogen-bond donors (Lipinski definition) is 1. The first-order valence-corrected chi connectivity index (χ1v) is 8.02. The van der Waals surface area contributed by atoms with Gasteiger partial charge >= 0.3 is 0 Å². The van der Waals surface area contributed by atoms with Gasteiger partial charge in [0.15, 0.2) is 0 Å². The Hall–Kier alpha value is -1.11. The maximum atomic E-state index is 5.56. The van der Waals surface area contributed by atoms with E-state index in [0.29, 0.717) is 12.6 Å². The first-order valence-electron chi connectivity index (χ1n) is 6.74. The number of nitrogens with one attached hydrogen (secondary N) is 1. The van der Waals surface area contributed by atoms with E-state index in [0.717, 1.165) is 17.5 Å². The lowest BCUT2D eigenvalue weighted by atomic mass is 10.1. The van der Waals surface area contributed by atoms with Gasteiger partial charge in [0.1, 0.15) is 12.4 Å². The first-order chi connectivity index (χ1) is 9.33. The van der Waals surface area contributed by atoms with Crippen molar-refractivity contribution in [1.82, 2.24) is 5.32 Å². The topological polar surface area (TPSA) is 21.3 Å². The van der Waals surface area contributed by atoms with Gasteiger partial charge in [0.25, 0.3) is 0 Å². The van der Waals surface area contributed by atoms with Crippen LogP contribution in [-0.4, -0.2) is 24.2 Å². The van der Waals surface area contributed by atoms with Crippen LogP contribution >= 0.6 is 11.8 Å². The van der Waals surface area contributed by atoms with E-state index in [9.17, 15) is 0 Å². The fourth-order valence-electron chi connectivity index (χ4n) is 2.50. The predicted molar refractivity (Wildman–Crippen MR) is 82.6 cm³/mol. The summed E-state index contributed by atoms with van der Waals surface area (Å²) in [5.41, 5.74) is 1.19.